The van der Waals surface area contributed by atoms with Crippen molar-refractivity contribution in [3.63, 3.8) is 0 Å². The van der Waals surface area contributed by atoms with Gasteiger partial charge in [-0.25, -0.2) is 0 Å². The van der Waals surface area contributed by atoms with Crippen LogP contribution >= 0.6 is 18.8 Å². The first kappa shape index (κ1) is 28.3. The minimum atomic E-state index is -0.472. The van der Waals surface area contributed by atoms with E-state index in [0.717, 1.165) is 0 Å². The Hall–Kier alpha value is -0.932. The molecule has 0 saturated heterocycles. The number of hydrogen-bond acceptors (Lipinski definition) is 6. The molecule has 0 aromatic rings. The van der Waals surface area contributed by atoms with Crippen LogP contribution in [0.25, 0.3) is 10.6 Å². The van der Waals surface area contributed by atoms with Crippen molar-refractivity contribution < 1.29 is 35.7 Å². The summed E-state index contributed by atoms with van der Waals surface area (Å²) in [5.41, 5.74) is 0. The molecule has 0 aromatic heterocycles. The third-order valence-corrected chi connectivity index (χ3v) is 3.24. The van der Waals surface area contributed by atoms with Gasteiger partial charge in [-0.05, 0) is 0 Å². The monoisotopic (exact) mass is 607 g/mol. The topological polar surface area (TPSA) is 127 Å². The van der Waals surface area contributed by atoms with Crippen LogP contribution in [0, 0.1) is 0 Å². The summed E-state index contributed by atoms with van der Waals surface area (Å²) < 4.78 is 0. The molecule has 0 atom stereocenters. The number of hydrogen-bond donors (Lipinski definition) is 2. The average Bonchev–Trinajstić information content (AvgIpc) is 2.65. The van der Waals surface area contributed by atoms with Gasteiger partial charge in [-0.3, -0.25) is 19.4 Å². The summed E-state index contributed by atoms with van der Waals surface area (Å²) in [6.45, 7) is 0.675. The zero-order valence-corrected chi connectivity index (χ0v) is 19.5. The van der Waals surface area contributed by atoms with Gasteiger partial charge >= 0.3 is 35.3 Å². The van der Waals surface area contributed by atoms with Crippen LogP contribution in [-0.4, -0.2) is 101 Å². The van der Waals surface area contributed by atoms with E-state index >= 15 is 0 Å². The summed E-state index contributed by atoms with van der Waals surface area (Å²) in [6, 6.07) is 0. The predicted molar refractivity (Wildman–Crippen MR) is 101 cm³/mol. The SMILES string of the molecule is C[N-]C(=O)CN(CCN(CC(=O)[N-]C)CC(=O)NC)CC(=O)NC.[Cl][Pt+2][Cl]. The van der Waals surface area contributed by atoms with E-state index < -0.39 is 16.5 Å². The van der Waals surface area contributed by atoms with E-state index in [1.807, 2.05) is 0 Å². The van der Waals surface area contributed by atoms with Gasteiger partial charge in [0.05, 0.1) is 24.9 Å². The van der Waals surface area contributed by atoms with Crippen LogP contribution in [0.5, 0.6) is 0 Å². The Kier molecular flexibility index (Phi) is 19.3. The quantitative estimate of drug-likeness (QED) is 0.327. The standard InChI is InChI=1S/C14H28N6O4.2ClH.Pt/c1-15-11(21)7-19(8-12(22)16-2)5-6-20(9-13(23)17-3)10-14(24)18-4;;;/h5-10H2,1-4H3,(H4,15,16,17,18,21,22,23,24);2*1H;/q;;;+4/p-4. The second-order valence-corrected chi connectivity index (χ2v) is 8.33. The third-order valence-electron chi connectivity index (χ3n) is 3.24. The fourth-order valence-electron chi connectivity index (χ4n) is 1.80. The van der Waals surface area contributed by atoms with Crippen LogP contribution in [0.1, 0.15) is 0 Å². The molecule has 0 aliphatic rings. The molecule has 27 heavy (non-hydrogen) atoms. The first-order valence-electron chi connectivity index (χ1n) is 7.71. The van der Waals surface area contributed by atoms with E-state index in [2.05, 4.69) is 21.3 Å². The number of likely N-dealkylation sites (N-methyl/N-ethyl adjacent to an activating group) is 4. The summed E-state index contributed by atoms with van der Waals surface area (Å²) in [5, 5.41) is 12.1. The van der Waals surface area contributed by atoms with Gasteiger partial charge in [0.2, 0.25) is 11.8 Å². The van der Waals surface area contributed by atoms with Crippen LogP contribution in [-0.2, 0) is 35.7 Å². The number of rotatable bonds is 11. The molecule has 0 radical (unpaired) electrons. The number of carbonyl (C=O) groups is 4. The molecular formula is C14H26Cl2N6O4Pt. The van der Waals surface area contributed by atoms with E-state index in [0.29, 0.717) is 13.1 Å². The number of halogens is 2. The van der Waals surface area contributed by atoms with Gasteiger partial charge in [0.15, 0.2) is 0 Å². The van der Waals surface area contributed by atoms with Crippen LogP contribution in [0.15, 0.2) is 0 Å². The second-order valence-electron chi connectivity index (χ2n) is 5.05. The van der Waals surface area contributed by atoms with Crippen LogP contribution < -0.4 is 10.6 Å². The molecule has 0 aliphatic carbocycles. The molecular weight excluding hydrogens is 582 g/mol. The maximum atomic E-state index is 11.5. The zero-order valence-electron chi connectivity index (χ0n) is 15.7. The van der Waals surface area contributed by atoms with Gasteiger partial charge in [0.1, 0.15) is 0 Å². The van der Waals surface area contributed by atoms with E-state index in [9.17, 15) is 19.2 Å². The molecule has 160 valence electrons. The Labute approximate surface area is 176 Å². The molecule has 0 spiro atoms. The van der Waals surface area contributed by atoms with Crippen molar-refractivity contribution in [3.05, 3.63) is 10.6 Å². The van der Waals surface area contributed by atoms with Crippen molar-refractivity contribution >= 4 is 42.5 Å². The van der Waals surface area contributed by atoms with Crippen molar-refractivity contribution in [2.75, 3.05) is 67.5 Å². The first-order chi connectivity index (χ1) is 12.8. The Morgan fingerprint density at radius 2 is 1.07 bits per heavy atom. The number of nitrogens with zero attached hydrogens (tertiary/aromatic N) is 4. The Morgan fingerprint density at radius 3 is 1.30 bits per heavy atom. The van der Waals surface area contributed by atoms with E-state index in [1.165, 1.54) is 28.2 Å². The summed E-state index contributed by atoms with van der Waals surface area (Å²) in [6.07, 6.45) is 0. The molecule has 0 saturated carbocycles. The normalized spacial score (nSPS) is 10.1. The average molecular weight is 608 g/mol. The molecule has 0 unspecified atom stereocenters. The van der Waals surface area contributed by atoms with Crippen molar-refractivity contribution in [1.29, 1.82) is 0 Å². The number of carbonyl (C=O) groups excluding carboxylic acids is 4. The van der Waals surface area contributed by atoms with E-state index in [1.54, 1.807) is 9.80 Å². The summed E-state index contributed by atoms with van der Waals surface area (Å²) in [7, 11) is 15.5. The molecule has 0 bridgehead atoms. The maximum absolute atomic E-state index is 11.5. The van der Waals surface area contributed by atoms with Gasteiger partial charge in [0.25, 0.3) is 0 Å². The summed E-state index contributed by atoms with van der Waals surface area (Å²) >= 11 is -0.472. The number of nitrogens with one attached hydrogen (secondary N) is 2. The van der Waals surface area contributed by atoms with Crippen molar-refractivity contribution in [1.82, 2.24) is 20.4 Å². The summed E-state index contributed by atoms with van der Waals surface area (Å²) in [5.74, 6) is -1.18. The van der Waals surface area contributed by atoms with Crippen molar-refractivity contribution in [2.24, 2.45) is 0 Å². The van der Waals surface area contributed by atoms with E-state index in [4.69, 9.17) is 18.8 Å². The van der Waals surface area contributed by atoms with Crippen LogP contribution in [0.2, 0.25) is 0 Å². The van der Waals surface area contributed by atoms with Gasteiger partial charge < -0.3 is 30.9 Å². The minimum absolute atomic E-state index is 0.0101. The van der Waals surface area contributed by atoms with Gasteiger partial charge in [-0.15, -0.1) is 14.1 Å². The molecule has 13 heteroatoms. The molecule has 0 aliphatic heterocycles. The van der Waals surface area contributed by atoms with Gasteiger partial charge in [-0.1, -0.05) is 0 Å². The molecule has 0 fully saturated rings. The van der Waals surface area contributed by atoms with Crippen molar-refractivity contribution in [2.45, 2.75) is 0 Å². The second kappa shape index (κ2) is 18.4. The molecule has 10 nitrogen and oxygen atoms in total. The Morgan fingerprint density at radius 1 is 0.778 bits per heavy atom. The van der Waals surface area contributed by atoms with Crippen LogP contribution in [0.3, 0.4) is 0 Å². The third kappa shape index (κ3) is 16.9. The predicted octanol–water partition coefficient (Wildman–Crippen LogP) is -0.481. The first-order valence-corrected chi connectivity index (χ1v) is 13.3. The molecule has 2 N–H and O–H groups in total. The molecule has 0 heterocycles. The molecule has 0 rings (SSSR count). The van der Waals surface area contributed by atoms with Crippen molar-refractivity contribution in [3.8, 4) is 0 Å². The fourth-order valence-corrected chi connectivity index (χ4v) is 1.80. The fraction of sp³-hybridized carbons (Fsp3) is 0.714. The van der Waals surface area contributed by atoms with Crippen LogP contribution in [0.4, 0.5) is 0 Å². The molecule has 4 amide bonds. The zero-order chi connectivity index (χ0) is 21.2. The number of amides is 4. The summed E-state index contributed by atoms with van der Waals surface area (Å²) in [4.78, 5) is 49.3. The van der Waals surface area contributed by atoms with E-state index in [-0.39, 0.29) is 49.8 Å². The van der Waals surface area contributed by atoms with Gasteiger partial charge in [0, 0.05) is 40.3 Å². The Bertz CT molecular complexity index is 397. The van der Waals surface area contributed by atoms with Gasteiger partial charge in [-0.2, -0.15) is 0 Å². The molecule has 0 aromatic carbocycles. The Balaban J connectivity index is 0.